The number of aromatic amines is 1. The van der Waals surface area contributed by atoms with Gasteiger partial charge in [0.1, 0.15) is 5.75 Å². The molecule has 1 amide bonds. The zero-order valence-corrected chi connectivity index (χ0v) is 12.2. The Hall–Kier alpha value is -2.73. The van der Waals surface area contributed by atoms with Gasteiger partial charge in [0.2, 0.25) is 0 Å². The van der Waals surface area contributed by atoms with Crippen LogP contribution >= 0.6 is 11.6 Å². The fourth-order valence-electron chi connectivity index (χ4n) is 2.04. The zero-order chi connectivity index (χ0) is 15.5. The number of benzene rings is 2. The highest BCUT2D eigenvalue weighted by molar-refractivity contribution is 6.30. The predicted molar refractivity (Wildman–Crippen MR) is 84.8 cm³/mol. The van der Waals surface area contributed by atoms with Crippen molar-refractivity contribution in [1.82, 2.24) is 15.5 Å². The molecule has 0 bridgehead atoms. The Balaban J connectivity index is 1.64. The van der Waals surface area contributed by atoms with Crippen LogP contribution in [0.4, 0.5) is 10.6 Å². The minimum Gasteiger partial charge on any atom is -0.410 e. The number of ether oxygens (including phenoxy) is 1. The monoisotopic (exact) mass is 316 g/mol. The SMILES string of the molecule is Nc1n[nH]c2ccc(OC(=O)NCc3cccc(Cl)c3)cc12. The van der Waals surface area contributed by atoms with E-state index >= 15 is 0 Å². The summed E-state index contributed by atoms with van der Waals surface area (Å²) < 4.78 is 5.22. The van der Waals surface area contributed by atoms with Crippen LogP contribution in [0.1, 0.15) is 5.56 Å². The molecule has 3 aromatic rings. The van der Waals surface area contributed by atoms with Crippen molar-refractivity contribution in [3.8, 4) is 5.75 Å². The standard InChI is InChI=1S/C15H13ClN4O2/c16-10-3-1-2-9(6-10)8-18-15(21)22-11-4-5-13-12(7-11)14(17)20-19-13/h1-7H,8H2,(H,18,21)(H3,17,19,20). The Morgan fingerprint density at radius 2 is 2.18 bits per heavy atom. The van der Waals surface area contributed by atoms with Crippen LogP contribution in [0, 0.1) is 0 Å². The first kappa shape index (κ1) is 14.2. The van der Waals surface area contributed by atoms with E-state index in [1.54, 1.807) is 30.3 Å². The van der Waals surface area contributed by atoms with Crippen molar-refractivity contribution in [2.24, 2.45) is 0 Å². The van der Waals surface area contributed by atoms with Crippen molar-refractivity contribution >= 4 is 34.4 Å². The number of nitrogens with two attached hydrogens (primary N) is 1. The first-order valence-corrected chi connectivity index (χ1v) is 6.93. The van der Waals surface area contributed by atoms with E-state index in [-0.39, 0.29) is 0 Å². The van der Waals surface area contributed by atoms with Gasteiger partial charge in [0.05, 0.1) is 5.52 Å². The molecule has 0 aliphatic heterocycles. The second kappa shape index (κ2) is 5.95. The third kappa shape index (κ3) is 3.12. The highest BCUT2D eigenvalue weighted by atomic mass is 35.5. The van der Waals surface area contributed by atoms with E-state index in [1.165, 1.54) is 0 Å². The van der Waals surface area contributed by atoms with Gasteiger partial charge < -0.3 is 15.8 Å². The van der Waals surface area contributed by atoms with Gasteiger partial charge in [-0.15, -0.1) is 0 Å². The smallest absolute Gasteiger partial charge is 0.410 e. The Bertz CT molecular complexity index is 831. The van der Waals surface area contributed by atoms with E-state index in [1.807, 2.05) is 12.1 Å². The number of rotatable bonds is 3. The normalized spacial score (nSPS) is 10.6. The average molecular weight is 317 g/mol. The highest BCUT2D eigenvalue weighted by Crippen LogP contribution is 2.23. The number of aromatic nitrogens is 2. The van der Waals surface area contributed by atoms with Crippen molar-refractivity contribution in [2.45, 2.75) is 6.54 Å². The number of nitrogens with zero attached hydrogens (tertiary/aromatic N) is 1. The van der Waals surface area contributed by atoms with Gasteiger partial charge in [-0.3, -0.25) is 5.10 Å². The minimum absolute atomic E-state index is 0.329. The molecule has 6 nitrogen and oxygen atoms in total. The topological polar surface area (TPSA) is 93.0 Å². The third-order valence-electron chi connectivity index (χ3n) is 3.10. The molecule has 7 heteroatoms. The lowest BCUT2D eigenvalue weighted by molar-refractivity contribution is 0.200. The number of nitrogen functional groups attached to an aromatic ring is 1. The van der Waals surface area contributed by atoms with E-state index in [2.05, 4.69) is 15.5 Å². The molecule has 0 unspecified atom stereocenters. The molecule has 3 rings (SSSR count). The summed E-state index contributed by atoms with van der Waals surface area (Å²) in [5.74, 6) is 0.754. The van der Waals surface area contributed by atoms with E-state index in [0.717, 1.165) is 11.1 Å². The number of anilines is 1. The quantitative estimate of drug-likeness (QED) is 0.692. The minimum atomic E-state index is -0.554. The first-order chi connectivity index (χ1) is 10.6. The summed E-state index contributed by atoms with van der Waals surface area (Å²) in [6, 6.07) is 12.3. The third-order valence-corrected chi connectivity index (χ3v) is 3.34. The van der Waals surface area contributed by atoms with Crippen LogP contribution in [0.15, 0.2) is 42.5 Å². The maximum Gasteiger partial charge on any atom is 0.412 e. The lowest BCUT2D eigenvalue weighted by Crippen LogP contribution is -2.26. The lowest BCUT2D eigenvalue weighted by atomic mass is 10.2. The molecule has 4 N–H and O–H groups in total. The zero-order valence-electron chi connectivity index (χ0n) is 11.5. The van der Waals surface area contributed by atoms with Crippen LogP contribution in [0.25, 0.3) is 10.9 Å². The fraction of sp³-hybridized carbons (Fsp3) is 0.0667. The van der Waals surface area contributed by atoms with Crippen LogP contribution in [-0.4, -0.2) is 16.3 Å². The van der Waals surface area contributed by atoms with Crippen LogP contribution in [0.5, 0.6) is 5.75 Å². The van der Waals surface area contributed by atoms with Crippen molar-refractivity contribution in [3.63, 3.8) is 0 Å². The van der Waals surface area contributed by atoms with Crippen LogP contribution in [-0.2, 0) is 6.54 Å². The average Bonchev–Trinajstić information content (AvgIpc) is 2.87. The molecule has 112 valence electrons. The summed E-state index contributed by atoms with van der Waals surface area (Å²) in [5.41, 5.74) is 7.38. The molecule has 0 saturated carbocycles. The summed E-state index contributed by atoms with van der Waals surface area (Å²) in [4.78, 5) is 11.8. The molecule has 1 aromatic heterocycles. The molecule has 0 aliphatic rings. The van der Waals surface area contributed by atoms with Crippen molar-refractivity contribution in [3.05, 3.63) is 53.1 Å². The molecule has 22 heavy (non-hydrogen) atoms. The molecule has 2 aromatic carbocycles. The van der Waals surface area contributed by atoms with Crippen LogP contribution < -0.4 is 15.8 Å². The number of H-pyrrole nitrogens is 1. The van der Waals surface area contributed by atoms with Crippen molar-refractivity contribution < 1.29 is 9.53 Å². The first-order valence-electron chi connectivity index (χ1n) is 6.55. The molecule has 0 spiro atoms. The van der Waals surface area contributed by atoms with Crippen LogP contribution in [0.2, 0.25) is 5.02 Å². The number of carbonyl (C=O) groups is 1. The van der Waals surface area contributed by atoms with Gasteiger partial charge in [-0.1, -0.05) is 23.7 Å². The van der Waals surface area contributed by atoms with Gasteiger partial charge in [0.15, 0.2) is 5.82 Å². The van der Waals surface area contributed by atoms with Gasteiger partial charge in [0, 0.05) is 17.0 Å². The Morgan fingerprint density at radius 3 is 3.00 bits per heavy atom. The maximum absolute atomic E-state index is 11.8. The van der Waals surface area contributed by atoms with Gasteiger partial charge >= 0.3 is 6.09 Å². The molecule has 1 heterocycles. The second-order valence-electron chi connectivity index (χ2n) is 4.69. The fourth-order valence-corrected chi connectivity index (χ4v) is 2.25. The number of nitrogens with one attached hydrogen (secondary N) is 2. The molecule has 0 atom stereocenters. The maximum atomic E-state index is 11.8. The Morgan fingerprint density at radius 1 is 1.32 bits per heavy atom. The second-order valence-corrected chi connectivity index (χ2v) is 5.13. The molecular weight excluding hydrogens is 304 g/mol. The Labute approximate surface area is 131 Å². The predicted octanol–water partition coefficient (Wildman–Crippen LogP) is 3.09. The summed E-state index contributed by atoms with van der Waals surface area (Å²) in [6.45, 7) is 0.329. The number of hydrogen-bond donors (Lipinski definition) is 3. The van der Waals surface area contributed by atoms with E-state index in [0.29, 0.717) is 28.5 Å². The molecule has 0 fully saturated rings. The number of fused-ring (bicyclic) bond motifs is 1. The largest absolute Gasteiger partial charge is 0.412 e. The van der Waals surface area contributed by atoms with E-state index in [4.69, 9.17) is 22.1 Å². The van der Waals surface area contributed by atoms with Gasteiger partial charge in [-0.05, 0) is 35.9 Å². The van der Waals surface area contributed by atoms with Gasteiger partial charge in [0.25, 0.3) is 0 Å². The van der Waals surface area contributed by atoms with E-state index < -0.39 is 6.09 Å². The number of hydrogen-bond acceptors (Lipinski definition) is 4. The van der Waals surface area contributed by atoms with Crippen molar-refractivity contribution in [2.75, 3.05) is 5.73 Å². The Kier molecular flexibility index (Phi) is 3.84. The highest BCUT2D eigenvalue weighted by Gasteiger charge is 2.08. The summed E-state index contributed by atoms with van der Waals surface area (Å²) in [5, 5.41) is 10.6. The number of halogens is 1. The lowest BCUT2D eigenvalue weighted by Gasteiger charge is -2.07. The summed E-state index contributed by atoms with van der Waals surface area (Å²) >= 11 is 5.88. The van der Waals surface area contributed by atoms with Crippen LogP contribution in [0.3, 0.4) is 0 Å². The van der Waals surface area contributed by atoms with E-state index in [9.17, 15) is 4.79 Å². The van der Waals surface area contributed by atoms with Crippen molar-refractivity contribution in [1.29, 1.82) is 0 Å². The summed E-state index contributed by atoms with van der Waals surface area (Å²) in [6.07, 6.45) is -0.554. The molecule has 0 radical (unpaired) electrons. The molecule has 0 saturated heterocycles. The molecular formula is C15H13ClN4O2. The number of amides is 1. The van der Waals surface area contributed by atoms with Gasteiger partial charge in [-0.2, -0.15) is 5.10 Å². The molecule has 0 aliphatic carbocycles. The summed E-state index contributed by atoms with van der Waals surface area (Å²) in [7, 11) is 0. The van der Waals surface area contributed by atoms with Gasteiger partial charge in [-0.25, -0.2) is 4.79 Å². The number of carbonyl (C=O) groups excluding carboxylic acids is 1.